The molecule has 0 fully saturated rings. The fourth-order valence-corrected chi connectivity index (χ4v) is 1.65. The van der Waals surface area contributed by atoms with Crippen molar-refractivity contribution in [2.75, 3.05) is 11.9 Å². The number of carboxylic acids is 1. The van der Waals surface area contributed by atoms with Crippen molar-refractivity contribution in [3.05, 3.63) is 59.9 Å². The first-order valence-corrected chi connectivity index (χ1v) is 6.07. The lowest BCUT2D eigenvalue weighted by atomic mass is 10.2. The molecule has 0 saturated carbocycles. The number of carbonyl (C=O) groups is 2. The number of benzene rings is 2. The molecule has 0 spiro atoms. The SMILES string of the molecule is O=C(O)COc1cccc(NC(=O)c2ccccc2F)c1. The van der Waals surface area contributed by atoms with Crippen LogP contribution < -0.4 is 10.1 Å². The molecule has 0 aliphatic heterocycles. The zero-order valence-corrected chi connectivity index (χ0v) is 10.9. The first kappa shape index (κ1) is 14.5. The molecule has 2 N–H and O–H groups in total. The van der Waals surface area contributed by atoms with E-state index >= 15 is 0 Å². The average molecular weight is 289 g/mol. The molecule has 0 atom stereocenters. The Morgan fingerprint density at radius 2 is 1.90 bits per heavy atom. The van der Waals surface area contributed by atoms with E-state index in [1.807, 2.05) is 0 Å². The van der Waals surface area contributed by atoms with Crippen molar-refractivity contribution in [2.45, 2.75) is 0 Å². The smallest absolute Gasteiger partial charge is 0.341 e. The van der Waals surface area contributed by atoms with Crippen molar-refractivity contribution in [2.24, 2.45) is 0 Å². The van der Waals surface area contributed by atoms with Crippen LogP contribution in [0.3, 0.4) is 0 Å². The molecular formula is C15H12FNO4. The third-order valence-electron chi connectivity index (χ3n) is 2.57. The number of aliphatic carboxylic acids is 1. The lowest BCUT2D eigenvalue weighted by Gasteiger charge is -2.08. The molecule has 0 aliphatic carbocycles. The van der Waals surface area contributed by atoms with Crippen LogP contribution >= 0.6 is 0 Å². The van der Waals surface area contributed by atoms with Gasteiger partial charge in [0.15, 0.2) is 6.61 Å². The van der Waals surface area contributed by atoms with E-state index in [2.05, 4.69) is 5.32 Å². The predicted molar refractivity (Wildman–Crippen MR) is 73.9 cm³/mol. The lowest BCUT2D eigenvalue weighted by molar-refractivity contribution is -0.139. The van der Waals surface area contributed by atoms with Gasteiger partial charge in [-0.2, -0.15) is 0 Å². The molecule has 108 valence electrons. The summed E-state index contributed by atoms with van der Waals surface area (Å²) in [4.78, 5) is 22.3. The van der Waals surface area contributed by atoms with E-state index in [0.29, 0.717) is 11.4 Å². The van der Waals surface area contributed by atoms with Crippen LogP contribution in [0.15, 0.2) is 48.5 Å². The van der Waals surface area contributed by atoms with Crippen LogP contribution in [0.2, 0.25) is 0 Å². The monoisotopic (exact) mass is 289 g/mol. The van der Waals surface area contributed by atoms with Gasteiger partial charge in [-0.05, 0) is 24.3 Å². The highest BCUT2D eigenvalue weighted by atomic mass is 19.1. The van der Waals surface area contributed by atoms with Crippen LogP contribution in [0.4, 0.5) is 10.1 Å². The summed E-state index contributed by atoms with van der Waals surface area (Å²) in [6.07, 6.45) is 0. The van der Waals surface area contributed by atoms with Crippen molar-refractivity contribution >= 4 is 17.6 Å². The van der Waals surface area contributed by atoms with Gasteiger partial charge in [-0.15, -0.1) is 0 Å². The predicted octanol–water partition coefficient (Wildman–Crippen LogP) is 2.54. The Bertz CT molecular complexity index is 672. The maximum atomic E-state index is 13.5. The van der Waals surface area contributed by atoms with Crippen molar-refractivity contribution in [1.29, 1.82) is 0 Å². The number of ether oxygens (including phenoxy) is 1. The van der Waals surface area contributed by atoms with E-state index in [4.69, 9.17) is 9.84 Å². The summed E-state index contributed by atoms with van der Waals surface area (Å²) in [5.74, 6) is -2.02. The number of carboxylic acid groups (broad SMARTS) is 1. The fraction of sp³-hybridized carbons (Fsp3) is 0.0667. The number of hydrogen-bond donors (Lipinski definition) is 2. The van der Waals surface area contributed by atoms with Crippen LogP contribution in [0, 0.1) is 5.82 Å². The van der Waals surface area contributed by atoms with Gasteiger partial charge in [-0.25, -0.2) is 9.18 Å². The van der Waals surface area contributed by atoms with Gasteiger partial charge in [0, 0.05) is 11.8 Å². The maximum absolute atomic E-state index is 13.5. The van der Waals surface area contributed by atoms with Gasteiger partial charge in [-0.1, -0.05) is 18.2 Å². The lowest BCUT2D eigenvalue weighted by Crippen LogP contribution is -2.14. The molecule has 0 radical (unpaired) electrons. The number of amides is 1. The summed E-state index contributed by atoms with van der Waals surface area (Å²) in [5.41, 5.74) is 0.306. The number of anilines is 1. The standard InChI is InChI=1S/C15H12FNO4/c16-13-7-2-1-6-12(13)15(20)17-10-4-3-5-11(8-10)21-9-14(18)19/h1-8H,9H2,(H,17,20)(H,18,19). The van der Waals surface area contributed by atoms with E-state index in [1.165, 1.54) is 24.3 Å². The Kier molecular flexibility index (Phi) is 4.50. The van der Waals surface area contributed by atoms with Gasteiger partial charge in [0.05, 0.1) is 5.56 Å². The highest BCUT2D eigenvalue weighted by Gasteiger charge is 2.11. The molecule has 2 aromatic carbocycles. The third kappa shape index (κ3) is 4.04. The molecule has 0 unspecified atom stereocenters. The number of hydrogen-bond acceptors (Lipinski definition) is 3. The normalized spacial score (nSPS) is 9.95. The summed E-state index contributed by atoms with van der Waals surface area (Å²) in [7, 11) is 0. The summed E-state index contributed by atoms with van der Waals surface area (Å²) < 4.78 is 18.5. The van der Waals surface area contributed by atoms with Crippen molar-refractivity contribution in [1.82, 2.24) is 0 Å². The topological polar surface area (TPSA) is 75.6 Å². The number of rotatable bonds is 5. The molecule has 0 aliphatic rings. The van der Waals surface area contributed by atoms with Gasteiger partial charge >= 0.3 is 5.97 Å². The summed E-state index contributed by atoms with van der Waals surface area (Å²) in [6.45, 7) is -0.481. The second-order valence-electron chi connectivity index (χ2n) is 4.14. The summed E-state index contributed by atoms with van der Waals surface area (Å²) >= 11 is 0. The van der Waals surface area contributed by atoms with Crippen LogP contribution in [-0.2, 0) is 4.79 Å². The Balaban J connectivity index is 2.09. The Morgan fingerprint density at radius 1 is 1.14 bits per heavy atom. The first-order valence-electron chi connectivity index (χ1n) is 6.07. The maximum Gasteiger partial charge on any atom is 0.341 e. The second kappa shape index (κ2) is 6.51. The van der Waals surface area contributed by atoms with E-state index in [-0.39, 0.29) is 5.56 Å². The molecule has 5 nitrogen and oxygen atoms in total. The third-order valence-corrected chi connectivity index (χ3v) is 2.57. The first-order chi connectivity index (χ1) is 10.1. The van der Waals surface area contributed by atoms with Gasteiger partial charge in [-0.3, -0.25) is 4.79 Å². The van der Waals surface area contributed by atoms with Crippen molar-refractivity contribution in [3.63, 3.8) is 0 Å². The molecule has 0 saturated heterocycles. The van der Waals surface area contributed by atoms with Crippen LogP contribution in [-0.4, -0.2) is 23.6 Å². The zero-order chi connectivity index (χ0) is 15.2. The molecule has 21 heavy (non-hydrogen) atoms. The van der Waals surface area contributed by atoms with Crippen LogP contribution in [0.25, 0.3) is 0 Å². The van der Waals surface area contributed by atoms with E-state index in [9.17, 15) is 14.0 Å². The quantitative estimate of drug-likeness (QED) is 0.887. The number of halogens is 1. The van der Waals surface area contributed by atoms with Gasteiger partial charge in [0.2, 0.25) is 0 Å². The molecule has 0 bridgehead atoms. The van der Waals surface area contributed by atoms with E-state index < -0.39 is 24.3 Å². The minimum atomic E-state index is -1.10. The Hall–Kier alpha value is -2.89. The number of nitrogens with one attached hydrogen (secondary N) is 1. The van der Waals surface area contributed by atoms with E-state index in [1.54, 1.807) is 24.3 Å². The molecule has 2 aromatic rings. The minimum Gasteiger partial charge on any atom is -0.482 e. The van der Waals surface area contributed by atoms with Crippen molar-refractivity contribution in [3.8, 4) is 5.75 Å². The highest BCUT2D eigenvalue weighted by Crippen LogP contribution is 2.18. The molecule has 2 rings (SSSR count). The van der Waals surface area contributed by atoms with Gasteiger partial charge in [0.1, 0.15) is 11.6 Å². The zero-order valence-electron chi connectivity index (χ0n) is 10.9. The summed E-state index contributed by atoms with van der Waals surface area (Å²) in [5, 5.41) is 11.1. The van der Waals surface area contributed by atoms with Crippen molar-refractivity contribution < 1.29 is 23.8 Å². The van der Waals surface area contributed by atoms with Gasteiger partial charge in [0.25, 0.3) is 5.91 Å². The molecule has 0 heterocycles. The Morgan fingerprint density at radius 3 is 2.62 bits per heavy atom. The summed E-state index contributed by atoms with van der Waals surface area (Å²) in [6, 6.07) is 11.8. The molecule has 1 amide bonds. The number of carbonyl (C=O) groups excluding carboxylic acids is 1. The second-order valence-corrected chi connectivity index (χ2v) is 4.14. The van der Waals surface area contributed by atoms with Crippen LogP contribution in [0.1, 0.15) is 10.4 Å². The largest absolute Gasteiger partial charge is 0.482 e. The molecule has 6 heteroatoms. The van der Waals surface area contributed by atoms with Gasteiger partial charge < -0.3 is 15.2 Å². The van der Waals surface area contributed by atoms with E-state index in [0.717, 1.165) is 0 Å². The average Bonchev–Trinajstić information content (AvgIpc) is 2.46. The van der Waals surface area contributed by atoms with Crippen LogP contribution in [0.5, 0.6) is 5.75 Å². The highest BCUT2D eigenvalue weighted by molar-refractivity contribution is 6.04. The Labute approximate surface area is 120 Å². The fourth-order valence-electron chi connectivity index (χ4n) is 1.65. The molecular weight excluding hydrogens is 277 g/mol. The molecule has 0 aromatic heterocycles. The minimum absolute atomic E-state index is 0.0747.